The minimum absolute atomic E-state index is 0.0336. The highest BCUT2D eigenvalue weighted by atomic mass is 35.5. The molecule has 2 N–H and O–H groups in total. The molecular formula is C24H18ClN5O3S. The van der Waals surface area contributed by atoms with Crippen molar-refractivity contribution in [1.82, 2.24) is 14.6 Å². The smallest absolute Gasteiger partial charge is 0.212 e. The van der Waals surface area contributed by atoms with E-state index in [1.165, 1.54) is 35.2 Å². The third kappa shape index (κ3) is 3.64. The molecule has 8 nitrogen and oxygen atoms in total. The zero-order valence-corrected chi connectivity index (χ0v) is 19.5. The van der Waals surface area contributed by atoms with Crippen molar-refractivity contribution in [3.63, 3.8) is 0 Å². The van der Waals surface area contributed by atoms with E-state index in [-0.39, 0.29) is 26.8 Å². The van der Waals surface area contributed by atoms with Gasteiger partial charge < -0.3 is 10.5 Å². The fourth-order valence-corrected chi connectivity index (χ4v) is 5.24. The molecule has 0 saturated heterocycles. The van der Waals surface area contributed by atoms with Crippen LogP contribution < -0.4 is 10.5 Å². The van der Waals surface area contributed by atoms with Crippen LogP contribution in [0.3, 0.4) is 0 Å². The van der Waals surface area contributed by atoms with Crippen molar-refractivity contribution in [2.24, 2.45) is 5.10 Å². The largest absolute Gasteiger partial charge is 0.496 e. The molecule has 0 aliphatic carbocycles. The number of sulfone groups is 1. The number of nitrogen functional groups attached to an aromatic ring is 1. The number of hydrogen-bond acceptors (Lipinski definition) is 7. The monoisotopic (exact) mass is 491 g/mol. The fourth-order valence-electron chi connectivity index (χ4n) is 3.63. The maximum atomic E-state index is 13.6. The number of nitrogens with two attached hydrogens (primary N) is 1. The van der Waals surface area contributed by atoms with Gasteiger partial charge in [0.2, 0.25) is 9.84 Å². The summed E-state index contributed by atoms with van der Waals surface area (Å²) in [6, 6.07) is 20.3. The molecule has 2 aromatic heterocycles. The van der Waals surface area contributed by atoms with Crippen LogP contribution in [0.5, 0.6) is 5.75 Å². The topological polar surface area (TPSA) is 112 Å². The second-order valence-electron chi connectivity index (χ2n) is 7.35. The van der Waals surface area contributed by atoms with Gasteiger partial charge in [0.1, 0.15) is 22.0 Å². The molecule has 0 bridgehead atoms. The first-order chi connectivity index (χ1) is 16.4. The number of aromatic nitrogens is 3. The summed E-state index contributed by atoms with van der Waals surface area (Å²) >= 11 is 5.95. The van der Waals surface area contributed by atoms with Crippen molar-refractivity contribution in [2.45, 2.75) is 9.79 Å². The molecule has 0 aliphatic rings. The maximum Gasteiger partial charge on any atom is 0.212 e. The van der Waals surface area contributed by atoms with Crippen molar-refractivity contribution in [3.05, 3.63) is 83.4 Å². The SMILES string of the molecule is COc1ccccc1C=Nn1c(N)c(S(=O)(=O)c2ccc(Cl)cc2)c2nc3ccccc3nc21. The number of fused-ring (bicyclic) bond motifs is 2. The third-order valence-electron chi connectivity index (χ3n) is 5.27. The standard InChI is InChI=1S/C24H18ClN5O3S/c1-33-20-9-5-2-6-15(20)14-27-30-23(26)22(34(31,32)17-12-10-16(25)11-13-17)21-24(30)29-19-8-4-3-7-18(19)28-21/h2-14H,26H2,1H3. The second-order valence-corrected chi connectivity index (χ2v) is 9.68. The van der Waals surface area contributed by atoms with Crippen molar-refractivity contribution >= 4 is 55.7 Å². The number of ether oxygens (including phenoxy) is 1. The Labute approximate surface area is 200 Å². The molecule has 5 aromatic rings. The third-order valence-corrected chi connectivity index (χ3v) is 7.36. The Morgan fingerprint density at radius 1 is 0.971 bits per heavy atom. The van der Waals surface area contributed by atoms with Gasteiger partial charge in [0.25, 0.3) is 0 Å². The molecule has 0 saturated carbocycles. The molecule has 2 heterocycles. The Balaban J connectivity index is 1.79. The van der Waals surface area contributed by atoms with Gasteiger partial charge >= 0.3 is 0 Å². The van der Waals surface area contributed by atoms with Crippen LogP contribution in [0.1, 0.15) is 5.56 Å². The Morgan fingerprint density at radius 2 is 1.62 bits per heavy atom. The van der Waals surface area contributed by atoms with Crippen LogP contribution >= 0.6 is 11.6 Å². The second kappa shape index (κ2) is 8.44. The van der Waals surface area contributed by atoms with Crippen LogP contribution in [-0.2, 0) is 9.84 Å². The summed E-state index contributed by atoms with van der Waals surface area (Å²) in [5.41, 5.74) is 8.54. The van der Waals surface area contributed by atoms with Crippen LogP contribution in [0, 0.1) is 0 Å². The van der Waals surface area contributed by atoms with Crippen molar-refractivity contribution in [1.29, 1.82) is 0 Å². The zero-order chi connectivity index (χ0) is 23.9. The number of benzene rings is 3. The molecular weight excluding hydrogens is 474 g/mol. The Morgan fingerprint density at radius 3 is 2.32 bits per heavy atom. The van der Waals surface area contributed by atoms with Crippen LogP contribution in [0.2, 0.25) is 5.02 Å². The summed E-state index contributed by atoms with van der Waals surface area (Å²) in [4.78, 5) is 9.08. The lowest BCUT2D eigenvalue weighted by atomic mass is 10.2. The normalized spacial score (nSPS) is 12.1. The summed E-state index contributed by atoms with van der Waals surface area (Å²) < 4.78 is 33.9. The van der Waals surface area contributed by atoms with E-state index in [9.17, 15) is 8.42 Å². The van der Waals surface area contributed by atoms with Crippen LogP contribution in [0.4, 0.5) is 5.82 Å². The van der Waals surface area contributed by atoms with E-state index in [2.05, 4.69) is 15.1 Å². The lowest BCUT2D eigenvalue weighted by molar-refractivity contribution is 0.414. The highest BCUT2D eigenvalue weighted by molar-refractivity contribution is 7.92. The van der Waals surface area contributed by atoms with E-state index < -0.39 is 9.84 Å². The number of nitrogens with zero attached hydrogens (tertiary/aromatic N) is 4. The number of hydrogen-bond donors (Lipinski definition) is 1. The highest BCUT2D eigenvalue weighted by Crippen LogP contribution is 2.35. The quantitative estimate of drug-likeness (QED) is 0.361. The average molecular weight is 492 g/mol. The molecule has 0 aliphatic heterocycles. The molecule has 0 amide bonds. The lowest BCUT2D eigenvalue weighted by Gasteiger charge is -2.05. The molecule has 3 aromatic carbocycles. The summed E-state index contributed by atoms with van der Waals surface area (Å²) in [6.45, 7) is 0. The number of methoxy groups -OCH3 is 1. The summed E-state index contributed by atoms with van der Waals surface area (Å²) in [6.07, 6.45) is 1.53. The predicted octanol–water partition coefficient (Wildman–Crippen LogP) is 4.54. The van der Waals surface area contributed by atoms with Gasteiger partial charge in [-0.3, -0.25) is 0 Å². The number of anilines is 1. The highest BCUT2D eigenvalue weighted by Gasteiger charge is 2.30. The van der Waals surface area contributed by atoms with E-state index in [0.29, 0.717) is 27.4 Å². The molecule has 0 radical (unpaired) electrons. The predicted molar refractivity (Wildman–Crippen MR) is 132 cm³/mol. The Bertz CT molecular complexity index is 1680. The first kappa shape index (κ1) is 21.9. The molecule has 10 heteroatoms. The Hall–Kier alpha value is -3.95. The van der Waals surface area contributed by atoms with E-state index in [4.69, 9.17) is 22.1 Å². The number of halogens is 1. The van der Waals surface area contributed by atoms with Gasteiger partial charge in [-0.05, 0) is 48.5 Å². The van der Waals surface area contributed by atoms with Crippen LogP contribution in [-0.4, -0.2) is 36.4 Å². The van der Waals surface area contributed by atoms with Crippen molar-refractivity contribution in [2.75, 3.05) is 12.8 Å². The molecule has 34 heavy (non-hydrogen) atoms. The molecule has 170 valence electrons. The van der Waals surface area contributed by atoms with Gasteiger partial charge in [-0.15, -0.1) is 0 Å². The molecule has 0 unspecified atom stereocenters. The zero-order valence-electron chi connectivity index (χ0n) is 17.9. The number of para-hydroxylation sites is 3. The summed E-state index contributed by atoms with van der Waals surface area (Å²) in [5.74, 6) is 0.498. The Kier molecular flexibility index (Phi) is 5.43. The van der Waals surface area contributed by atoms with E-state index >= 15 is 0 Å². The summed E-state index contributed by atoms with van der Waals surface area (Å²) in [5, 5.41) is 4.88. The molecule has 5 rings (SSSR count). The van der Waals surface area contributed by atoms with Gasteiger partial charge in [0, 0.05) is 10.6 Å². The molecule has 0 spiro atoms. The first-order valence-electron chi connectivity index (χ1n) is 10.1. The maximum absolute atomic E-state index is 13.6. The number of rotatable bonds is 5. The van der Waals surface area contributed by atoms with E-state index in [1.54, 1.807) is 31.4 Å². The van der Waals surface area contributed by atoms with E-state index in [1.807, 2.05) is 24.3 Å². The van der Waals surface area contributed by atoms with Gasteiger partial charge in [-0.1, -0.05) is 35.9 Å². The minimum atomic E-state index is -4.06. The lowest BCUT2D eigenvalue weighted by Crippen LogP contribution is -2.06. The molecule has 0 atom stereocenters. The van der Waals surface area contributed by atoms with Crippen molar-refractivity contribution < 1.29 is 13.2 Å². The fraction of sp³-hybridized carbons (Fsp3) is 0.0417. The summed E-state index contributed by atoms with van der Waals surface area (Å²) in [7, 11) is -2.51. The van der Waals surface area contributed by atoms with Gasteiger partial charge in [0.05, 0.1) is 29.3 Å². The van der Waals surface area contributed by atoms with Gasteiger partial charge in [-0.2, -0.15) is 9.78 Å². The van der Waals surface area contributed by atoms with Gasteiger partial charge in [-0.25, -0.2) is 18.4 Å². The van der Waals surface area contributed by atoms with Crippen LogP contribution in [0.15, 0.2) is 87.7 Å². The average Bonchev–Trinajstić information content (AvgIpc) is 3.12. The molecule has 0 fully saturated rings. The van der Waals surface area contributed by atoms with Gasteiger partial charge in [0.15, 0.2) is 5.65 Å². The van der Waals surface area contributed by atoms with E-state index in [0.717, 1.165) is 0 Å². The van der Waals surface area contributed by atoms with Crippen LogP contribution in [0.25, 0.3) is 22.2 Å². The van der Waals surface area contributed by atoms with Crippen molar-refractivity contribution in [3.8, 4) is 5.75 Å². The first-order valence-corrected chi connectivity index (χ1v) is 12.0. The minimum Gasteiger partial charge on any atom is -0.496 e.